The van der Waals surface area contributed by atoms with E-state index in [1.165, 1.54) is 44.3 Å². The maximum atomic E-state index is 5.61. The zero-order chi connectivity index (χ0) is 11.7. The van der Waals surface area contributed by atoms with Crippen LogP contribution >= 0.6 is 0 Å². The lowest BCUT2D eigenvalue weighted by atomic mass is 10.2. The molecule has 1 aromatic rings. The Balaban J connectivity index is 1.58. The molecule has 2 aliphatic rings. The molecule has 0 aliphatic heterocycles. The molecule has 0 atom stereocenters. The Kier molecular flexibility index (Phi) is 3.02. The van der Waals surface area contributed by atoms with E-state index in [9.17, 15) is 0 Å². The molecule has 1 heterocycles. The van der Waals surface area contributed by atoms with E-state index in [2.05, 4.69) is 16.0 Å². The van der Waals surface area contributed by atoms with E-state index in [0.29, 0.717) is 5.82 Å². The first-order valence-corrected chi connectivity index (χ1v) is 6.72. The highest BCUT2D eigenvalue weighted by atomic mass is 15.1. The Morgan fingerprint density at radius 1 is 1.12 bits per heavy atom. The summed E-state index contributed by atoms with van der Waals surface area (Å²) in [4.78, 5) is 6.79. The molecule has 3 rings (SSSR count). The predicted octanol–water partition coefficient (Wildman–Crippen LogP) is 2.29. The molecule has 0 spiro atoms. The summed E-state index contributed by atoms with van der Waals surface area (Å²) in [5, 5.41) is 0. The number of hydrogen-bond donors (Lipinski definition) is 1. The summed E-state index contributed by atoms with van der Waals surface area (Å²) in [6, 6.07) is 4.01. The van der Waals surface area contributed by atoms with E-state index < -0.39 is 0 Å². The second kappa shape index (κ2) is 4.65. The molecule has 3 heteroatoms. The Hall–Kier alpha value is -1.09. The average molecular weight is 231 g/mol. The lowest BCUT2D eigenvalue weighted by molar-refractivity contribution is 0.244. The van der Waals surface area contributed by atoms with Crippen LogP contribution in [0.1, 0.15) is 31.2 Å². The lowest BCUT2D eigenvalue weighted by Crippen LogP contribution is -2.27. The monoisotopic (exact) mass is 231 g/mol. The molecule has 0 saturated heterocycles. The summed E-state index contributed by atoms with van der Waals surface area (Å²) in [6.45, 7) is 3.60. The number of aromatic nitrogens is 1. The fourth-order valence-electron chi connectivity index (χ4n) is 2.32. The number of nitrogens with two attached hydrogens (primary N) is 1. The normalized spacial score (nSPS) is 19.8. The van der Waals surface area contributed by atoms with Gasteiger partial charge in [-0.2, -0.15) is 0 Å². The molecule has 3 nitrogen and oxygen atoms in total. The van der Waals surface area contributed by atoms with Crippen molar-refractivity contribution < 1.29 is 0 Å². The van der Waals surface area contributed by atoms with Crippen molar-refractivity contribution in [3.05, 3.63) is 23.9 Å². The summed E-state index contributed by atoms with van der Waals surface area (Å²) in [5.74, 6) is 2.55. The van der Waals surface area contributed by atoms with Gasteiger partial charge in [-0.25, -0.2) is 4.98 Å². The van der Waals surface area contributed by atoms with Crippen LogP contribution in [0.25, 0.3) is 0 Å². The molecule has 2 fully saturated rings. The number of anilines is 1. The summed E-state index contributed by atoms with van der Waals surface area (Å²) in [6.07, 6.45) is 7.65. The molecule has 0 radical (unpaired) electrons. The van der Waals surface area contributed by atoms with E-state index >= 15 is 0 Å². The topological polar surface area (TPSA) is 42.1 Å². The molecule has 1 aromatic heterocycles. The number of rotatable bonds is 6. The predicted molar refractivity (Wildman–Crippen MR) is 69.4 cm³/mol. The molecular weight excluding hydrogens is 210 g/mol. The molecule has 2 N–H and O–H groups in total. The first-order valence-electron chi connectivity index (χ1n) is 6.72. The highest BCUT2D eigenvalue weighted by molar-refractivity contribution is 5.29. The van der Waals surface area contributed by atoms with E-state index in [4.69, 9.17) is 5.73 Å². The van der Waals surface area contributed by atoms with Crippen molar-refractivity contribution in [2.45, 2.75) is 32.2 Å². The number of hydrogen-bond acceptors (Lipinski definition) is 3. The summed E-state index contributed by atoms with van der Waals surface area (Å²) in [7, 11) is 0. The number of nitrogen functional groups attached to an aromatic ring is 1. The van der Waals surface area contributed by atoms with Crippen LogP contribution in [-0.2, 0) is 6.54 Å². The maximum Gasteiger partial charge on any atom is 0.123 e. The largest absolute Gasteiger partial charge is 0.384 e. The van der Waals surface area contributed by atoms with Gasteiger partial charge in [-0.1, -0.05) is 6.07 Å². The van der Waals surface area contributed by atoms with Gasteiger partial charge in [0, 0.05) is 25.8 Å². The minimum atomic E-state index is 0.615. The average Bonchev–Trinajstić information content (AvgIpc) is 3.17. The molecule has 0 bridgehead atoms. The van der Waals surface area contributed by atoms with E-state index in [0.717, 1.165) is 18.4 Å². The second-order valence-electron chi connectivity index (χ2n) is 5.67. The van der Waals surface area contributed by atoms with Crippen molar-refractivity contribution in [3.8, 4) is 0 Å². The molecule has 92 valence electrons. The van der Waals surface area contributed by atoms with Gasteiger partial charge < -0.3 is 5.73 Å². The van der Waals surface area contributed by atoms with Crippen LogP contribution in [0.5, 0.6) is 0 Å². The molecule has 2 saturated carbocycles. The number of nitrogens with zero attached hydrogens (tertiary/aromatic N) is 2. The Morgan fingerprint density at radius 3 is 2.24 bits per heavy atom. The first-order chi connectivity index (χ1) is 8.29. The van der Waals surface area contributed by atoms with Crippen LogP contribution in [0, 0.1) is 11.8 Å². The summed E-state index contributed by atoms with van der Waals surface area (Å²) in [5.41, 5.74) is 6.91. The van der Waals surface area contributed by atoms with E-state index in [1.807, 2.05) is 12.3 Å². The van der Waals surface area contributed by atoms with Crippen molar-refractivity contribution in [1.82, 2.24) is 9.88 Å². The molecule has 0 unspecified atom stereocenters. The van der Waals surface area contributed by atoms with Gasteiger partial charge in [0.15, 0.2) is 0 Å². The van der Waals surface area contributed by atoms with Gasteiger partial charge in [0.05, 0.1) is 0 Å². The van der Waals surface area contributed by atoms with Gasteiger partial charge in [0.2, 0.25) is 0 Å². The smallest absolute Gasteiger partial charge is 0.123 e. The highest BCUT2D eigenvalue weighted by Crippen LogP contribution is 2.34. The van der Waals surface area contributed by atoms with Crippen LogP contribution < -0.4 is 5.73 Å². The van der Waals surface area contributed by atoms with Gasteiger partial charge >= 0.3 is 0 Å². The Morgan fingerprint density at radius 2 is 1.76 bits per heavy atom. The Bertz CT molecular complexity index is 352. The summed E-state index contributed by atoms with van der Waals surface area (Å²) < 4.78 is 0. The van der Waals surface area contributed by atoms with E-state index in [-0.39, 0.29) is 0 Å². The van der Waals surface area contributed by atoms with Crippen molar-refractivity contribution >= 4 is 5.82 Å². The third-order valence-corrected chi connectivity index (χ3v) is 3.68. The minimum Gasteiger partial charge on any atom is -0.384 e. The second-order valence-corrected chi connectivity index (χ2v) is 5.67. The molecule has 0 amide bonds. The number of pyridine rings is 1. The molecule has 17 heavy (non-hydrogen) atoms. The van der Waals surface area contributed by atoms with Crippen molar-refractivity contribution in [2.75, 3.05) is 18.8 Å². The van der Waals surface area contributed by atoms with Gasteiger partial charge in [0.25, 0.3) is 0 Å². The highest BCUT2D eigenvalue weighted by Gasteiger charge is 2.29. The van der Waals surface area contributed by atoms with Crippen molar-refractivity contribution in [3.63, 3.8) is 0 Å². The van der Waals surface area contributed by atoms with Gasteiger partial charge in [-0.05, 0) is 49.1 Å². The van der Waals surface area contributed by atoms with Crippen LogP contribution in [0.4, 0.5) is 5.82 Å². The molecule has 0 aromatic carbocycles. The van der Waals surface area contributed by atoms with Gasteiger partial charge in [-0.3, -0.25) is 4.90 Å². The fourth-order valence-corrected chi connectivity index (χ4v) is 2.32. The fraction of sp³-hybridized carbons (Fsp3) is 0.643. The summed E-state index contributed by atoms with van der Waals surface area (Å²) >= 11 is 0. The van der Waals surface area contributed by atoms with Crippen molar-refractivity contribution in [1.29, 1.82) is 0 Å². The van der Waals surface area contributed by atoms with Gasteiger partial charge in [0.1, 0.15) is 5.82 Å². The SMILES string of the molecule is Nc1ccc(CN(CC2CC2)CC2CC2)cn1. The van der Waals surface area contributed by atoms with Gasteiger partial charge in [-0.15, -0.1) is 0 Å². The zero-order valence-corrected chi connectivity index (χ0v) is 10.3. The van der Waals surface area contributed by atoms with Crippen LogP contribution in [-0.4, -0.2) is 23.0 Å². The Labute approximate surface area is 103 Å². The first kappa shape index (κ1) is 11.0. The maximum absolute atomic E-state index is 5.61. The van der Waals surface area contributed by atoms with E-state index in [1.54, 1.807) is 0 Å². The standard InChI is InChI=1S/C14H21N3/c15-14-6-5-13(7-16-14)10-17(8-11-1-2-11)9-12-3-4-12/h5-7,11-12H,1-4,8-10H2,(H2,15,16). The van der Waals surface area contributed by atoms with Crippen molar-refractivity contribution in [2.24, 2.45) is 11.8 Å². The molecular formula is C14H21N3. The van der Waals surface area contributed by atoms with Crippen LogP contribution in [0.2, 0.25) is 0 Å². The minimum absolute atomic E-state index is 0.615. The third kappa shape index (κ3) is 3.43. The molecule has 2 aliphatic carbocycles. The third-order valence-electron chi connectivity index (χ3n) is 3.68. The quantitative estimate of drug-likeness (QED) is 0.816. The van der Waals surface area contributed by atoms with Crippen LogP contribution in [0.3, 0.4) is 0 Å². The lowest BCUT2D eigenvalue weighted by Gasteiger charge is -2.22. The van der Waals surface area contributed by atoms with Crippen LogP contribution in [0.15, 0.2) is 18.3 Å². The zero-order valence-electron chi connectivity index (χ0n) is 10.3.